The number of nitrogens with zero attached hydrogens (tertiary/aromatic N) is 2. The number of fused-ring (bicyclic) bond motifs is 1. The highest BCUT2D eigenvalue weighted by Crippen LogP contribution is 2.32. The molecule has 2 aromatic rings. The van der Waals surface area contributed by atoms with E-state index >= 15 is 0 Å². The molecule has 1 fully saturated rings. The fourth-order valence-corrected chi connectivity index (χ4v) is 3.69. The van der Waals surface area contributed by atoms with Crippen LogP contribution in [0.1, 0.15) is 26.2 Å². The van der Waals surface area contributed by atoms with Crippen molar-refractivity contribution in [3.63, 3.8) is 0 Å². The van der Waals surface area contributed by atoms with Crippen molar-refractivity contribution in [3.05, 3.63) is 24.4 Å². The zero-order chi connectivity index (χ0) is 14.9. The summed E-state index contributed by atoms with van der Waals surface area (Å²) in [5.41, 5.74) is 0.621. The molecule has 7 heteroatoms. The van der Waals surface area contributed by atoms with E-state index in [1.807, 2.05) is 13.0 Å². The van der Waals surface area contributed by atoms with Gasteiger partial charge < -0.3 is 5.32 Å². The van der Waals surface area contributed by atoms with E-state index in [0.29, 0.717) is 30.5 Å². The summed E-state index contributed by atoms with van der Waals surface area (Å²) >= 11 is 0. The average Bonchev–Trinajstić information content (AvgIpc) is 3.18. The van der Waals surface area contributed by atoms with Crippen molar-refractivity contribution in [2.24, 2.45) is 5.92 Å². The molecule has 1 aliphatic carbocycles. The Labute approximate surface area is 124 Å². The molecule has 2 aromatic heterocycles. The van der Waals surface area contributed by atoms with Crippen LogP contribution in [0.2, 0.25) is 0 Å². The Bertz CT molecular complexity index is 735. The molecule has 21 heavy (non-hydrogen) atoms. The molecule has 2 N–H and O–H groups in total. The Hall–Kier alpha value is -1.60. The molecule has 0 amide bonds. The summed E-state index contributed by atoms with van der Waals surface area (Å²) in [6.07, 6.45) is 5.07. The standard InChI is InChI=1S/C14H20N4O2S/c1-2-15-13-14(18-10-4-3-5-12(18)17-13)21(19,20)16-9-8-11-6-7-11/h3-5,10-11,15-16H,2,6-9H2,1H3. The fraction of sp³-hybridized carbons (Fsp3) is 0.500. The predicted octanol–water partition coefficient (Wildman–Crippen LogP) is 1.84. The summed E-state index contributed by atoms with van der Waals surface area (Å²) in [5.74, 6) is 1.10. The van der Waals surface area contributed by atoms with Gasteiger partial charge in [-0.05, 0) is 31.4 Å². The smallest absolute Gasteiger partial charge is 0.260 e. The number of anilines is 1. The van der Waals surface area contributed by atoms with Gasteiger partial charge in [-0.3, -0.25) is 4.40 Å². The van der Waals surface area contributed by atoms with E-state index in [1.165, 1.54) is 12.8 Å². The highest BCUT2D eigenvalue weighted by atomic mass is 32.2. The Balaban J connectivity index is 1.93. The second kappa shape index (κ2) is 5.65. The lowest BCUT2D eigenvalue weighted by Gasteiger charge is -2.08. The monoisotopic (exact) mass is 308 g/mol. The molecule has 3 rings (SSSR count). The molecule has 0 atom stereocenters. The topological polar surface area (TPSA) is 75.5 Å². The molecule has 0 radical (unpaired) electrons. The first-order valence-electron chi connectivity index (χ1n) is 7.32. The van der Waals surface area contributed by atoms with Crippen molar-refractivity contribution in [1.29, 1.82) is 0 Å². The van der Waals surface area contributed by atoms with Crippen molar-refractivity contribution in [2.75, 3.05) is 18.4 Å². The fourth-order valence-electron chi connectivity index (χ4n) is 2.39. The van der Waals surface area contributed by atoms with Crippen molar-refractivity contribution in [3.8, 4) is 0 Å². The van der Waals surface area contributed by atoms with Gasteiger partial charge in [-0.15, -0.1) is 0 Å². The van der Waals surface area contributed by atoms with Gasteiger partial charge in [0.25, 0.3) is 10.0 Å². The van der Waals surface area contributed by atoms with Gasteiger partial charge in [0, 0.05) is 19.3 Å². The Kier molecular flexibility index (Phi) is 3.86. The minimum atomic E-state index is -3.58. The van der Waals surface area contributed by atoms with Crippen LogP contribution in [-0.2, 0) is 10.0 Å². The molecule has 0 aromatic carbocycles. The first-order valence-corrected chi connectivity index (χ1v) is 8.81. The number of hydrogen-bond donors (Lipinski definition) is 2. The summed E-state index contributed by atoms with van der Waals surface area (Å²) in [5, 5.41) is 3.22. The van der Waals surface area contributed by atoms with E-state index in [1.54, 1.807) is 22.7 Å². The summed E-state index contributed by atoms with van der Waals surface area (Å²) in [4.78, 5) is 4.36. The first-order chi connectivity index (χ1) is 10.1. The van der Waals surface area contributed by atoms with Crippen molar-refractivity contribution in [2.45, 2.75) is 31.2 Å². The number of imidazole rings is 1. The molecule has 1 saturated carbocycles. The van der Waals surface area contributed by atoms with E-state index in [2.05, 4.69) is 15.0 Å². The molecule has 1 aliphatic rings. The zero-order valence-corrected chi connectivity index (χ0v) is 12.9. The van der Waals surface area contributed by atoms with Gasteiger partial charge in [0.15, 0.2) is 10.8 Å². The highest BCUT2D eigenvalue weighted by Gasteiger charge is 2.26. The summed E-state index contributed by atoms with van der Waals surface area (Å²) in [7, 11) is -3.58. The average molecular weight is 308 g/mol. The molecule has 0 bridgehead atoms. The van der Waals surface area contributed by atoms with Crippen LogP contribution in [0.3, 0.4) is 0 Å². The van der Waals surface area contributed by atoms with Crippen molar-refractivity contribution in [1.82, 2.24) is 14.1 Å². The van der Waals surface area contributed by atoms with Crippen LogP contribution in [0.4, 0.5) is 5.82 Å². The zero-order valence-electron chi connectivity index (χ0n) is 12.0. The lowest BCUT2D eigenvalue weighted by Crippen LogP contribution is -2.27. The Morgan fingerprint density at radius 2 is 2.19 bits per heavy atom. The van der Waals surface area contributed by atoms with Gasteiger partial charge in [0.2, 0.25) is 0 Å². The highest BCUT2D eigenvalue weighted by molar-refractivity contribution is 7.89. The maximum absolute atomic E-state index is 12.6. The molecule has 114 valence electrons. The quantitative estimate of drug-likeness (QED) is 0.818. The second-order valence-electron chi connectivity index (χ2n) is 5.35. The predicted molar refractivity (Wildman–Crippen MR) is 81.9 cm³/mol. The van der Waals surface area contributed by atoms with Crippen LogP contribution in [-0.4, -0.2) is 30.9 Å². The lowest BCUT2D eigenvalue weighted by molar-refractivity contribution is 0.571. The summed E-state index contributed by atoms with van der Waals surface area (Å²) < 4.78 is 29.5. The van der Waals surface area contributed by atoms with Crippen molar-refractivity contribution >= 4 is 21.5 Å². The third kappa shape index (κ3) is 3.03. The first kappa shape index (κ1) is 14.3. The second-order valence-corrected chi connectivity index (χ2v) is 7.04. The van der Waals surface area contributed by atoms with Crippen LogP contribution >= 0.6 is 0 Å². The maximum atomic E-state index is 12.6. The SMILES string of the molecule is CCNc1nc2ccccn2c1S(=O)(=O)NCCC1CC1. The van der Waals surface area contributed by atoms with Crippen LogP contribution in [0.25, 0.3) is 5.65 Å². The van der Waals surface area contributed by atoms with Gasteiger partial charge in [-0.2, -0.15) is 0 Å². The van der Waals surface area contributed by atoms with Crippen LogP contribution in [0.5, 0.6) is 0 Å². The Morgan fingerprint density at radius 1 is 1.38 bits per heavy atom. The summed E-state index contributed by atoms with van der Waals surface area (Å²) in [6.45, 7) is 3.02. The molecule has 0 saturated heterocycles. The normalized spacial score (nSPS) is 15.5. The van der Waals surface area contributed by atoms with E-state index in [0.717, 1.165) is 6.42 Å². The number of sulfonamides is 1. The van der Waals surface area contributed by atoms with Gasteiger partial charge >= 0.3 is 0 Å². The van der Waals surface area contributed by atoms with Gasteiger partial charge in [-0.1, -0.05) is 18.9 Å². The maximum Gasteiger partial charge on any atom is 0.260 e. The van der Waals surface area contributed by atoms with Crippen LogP contribution in [0, 0.1) is 5.92 Å². The molecule has 0 unspecified atom stereocenters. The molecular weight excluding hydrogens is 288 g/mol. The molecule has 0 spiro atoms. The largest absolute Gasteiger partial charge is 0.368 e. The molecule has 0 aliphatic heterocycles. The number of nitrogens with one attached hydrogen (secondary N) is 2. The lowest BCUT2D eigenvalue weighted by atomic mass is 10.3. The van der Waals surface area contributed by atoms with Crippen molar-refractivity contribution < 1.29 is 8.42 Å². The van der Waals surface area contributed by atoms with E-state index in [9.17, 15) is 8.42 Å². The minimum absolute atomic E-state index is 0.191. The summed E-state index contributed by atoms with van der Waals surface area (Å²) in [6, 6.07) is 5.44. The van der Waals surface area contributed by atoms with Gasteiger partial charge in [0.05, 0.1) is 0 Å². The molecular formula is C14H20N4O2S. The van der Waals surface area contributed by atoms with E-state index in [4.69, 9.17) is 0 Å². The molecule has 6 nitrogen and oxygen atoms in total. The number of hydrogen-bond acceptors (Lipinski definition) is 4. The van der Waals surface area contributed by atoms with E-state index < -0.39 is 10.0 Å². The van der Waals surface area contributed by atoms with E-state index in [-0.39, 0.29) is 5.03 Å². The number of aromatic nitrogens is 2. The third-order valence-corrected chi connectivity index (χ3v) is 5.11. The third-order valence-electron chi connectivity index (χ3n) is 3.63. The van der Waals surface area contributed by atoms with Crippen LogP contribution in [0.15, 0.2) is 29.4 Å². The Morgan fingerprint density at radius 3 is 2.90 bits per heavy atom. The van der Waals surface area contributed by atoms with Crippen LogP contribution < -0.4 is 10.0 Å². The van der Waals surface area contributed by atoms with Gasteiger partial charge in [0.1, 0.15) is 5.65 Å². The number of rotatable bonds is 7. The molecule has 2 heterocycles. The van der Waals surface area contributed by atoms with Gasteiger partial charge in [-0.25, -0.2) is 18.1 Å². The minimum Gasteiger partial charge on any atom is -0.368 e. The number of pyridine rings is 1.